The molecule has 4 bridgehead atoms. The number of hydrogen-bond donors (Lipinski definition) is 0. The van der Waals surface area contributed by atoms with E-state index in [4.69, 9.17) is 14.5 Å². The molecule has 2 spiro atoms. The highest BCUT2D eigenvalue weighted by Crippen LogP contribution is 2.63. The summed E-state index contributed by atoms with van der Waals surface area (Å²) in [6.07, 6.45) is 15.3. The maximum absolute atomic E-state index is 6.83. The Morgan fingerprint density at radius 1 is 0.720 bits per heavy atom. The summed E-state index contributed by atoms with van der Waals surface area (Å²) >= 11 is 0. The van der Waals surface area contributed by atoms with Crippen LogP contribution in [0.3, 0.4) is 0 Å². The van der Waals surface area contributed by atoms with Gasteiger partial charge < -0.3 is 9.64 Å². The van der Waals surface area contributed by atoms with Gasteiger partial charge in [0.1, 0.15) is 0 Å². The Morgan fingerprint density at radius 2 is 1.36 bits per heavy atom. The van der Waals surface area contributed by atoms with E-state index in [1.165, 1.54) is 77.3 Å². The molecule has 140 valence electrons. The molecule has 25 heavy (non-hydrogen) atoms. The van der Waals surface area contributed by atoms with Gasteiger partial charge in [-0.1, -0.05) is 6.42 Å². The van der Waals surface area contributed by atoms with Gasteiger partial charge in [0.2, 0.25) is 11.6 Å². The third-order valence-corrected chi connectivity index (χ3v) is 8.57. The minimum absolute atomic E-state index is 0.384. The Morgan fingerprint density at radius 3 is 2.00 bits per heavy atom. The van der Waals surface area contributed by atoms with Crippen molar-refractivity contribution in [1.82, 2.24) is 4.90 Å². The Bertz CT molecular complexity index is 493. The molecule has 5 saturated carbocycles. The van der Waals surface area contributed by atoms with Gasteiger partial charge >= 0.3 is 0 Å². The topological polar surface area (TPSA) is 30.9 Å². The van der Waals surface area contributed by atoms with E-state index in [1.807, 2.05) is 0 Å². The van der Waals surface area contributed by atoms with Crippen LogP contribution < -0.4 is 0 Å². The highest BCUT2D eigenvalue weighted by molar-refractivity contribution is 5.05. The molecule has 4 nitrogen and oxygen atoms in total. The maximum atomic E-state index is 6.83. The lowest BCUT2D eigenvalue weighted by molar-refractivity contribution is -0.390. The SMILES string of the molecule is C1CCN(C2CCC3(CC2)OOC2(O3)C3CC4CC(C3)CC2C4)CC1. The first kappa shape index (κ1) is 15.9. The molecular weight excluding hydrogens is 314 g/mol. The Hall–Kier alpha value is -0.160. The maximum Gasteiger partial charge on any atom is 0.210 e. The molecule has 7 aliphatic rings. The fourth-order valence-corrected chi connectivity index (χ4v) is 7.49. The highest BCUT2D eigenvalue weighted by Gasteiger charge is 2.66. The zero-order valence-corrected chi connectivity index (χ0v) is 15.5. The molecule has 0 N–H and O–H groups in total. The smallest absolute Gasteiger partial charge is 0.210 e. The third kappa shape index (κ3) is 2.40. The predicted octanol–water partition coefficient (Wildman–Crippen LogP) is 4.24. The molecule has 0 unspecified atom stereocenters. The predicted molar refractivity (Wildman–Crippen MR) is 93.4 cm³/mol. The van der Waals surface area contributed by atoms with Gasteiger partial charge in [0.15, 0.2) is 0 Å². The lowest BCUT2D eigenvalue weighted by Gasteiger charge is -2.57. The molecule has 0 aromatic carbocycles. The Balaban J connectivity index is 1.15. The van der Waals surface area contributed by atoms with Crippen molar-refractivity contribution in [3.05, 3.63) is 0 Å². The third-order valence-electron chi connectivity index (χ3n) is 8.57. The van der Waals surface area contributed by atoms with Crippen LogP contribution in [0.4, 0.5) is 0 Å². The summed E-state index contributed by atoms with van der Waals surface area (Å²) in [7, 11) is 0. The van der Waals surface area contributed by atoms with Crippen molar-refractivity contribution in [3.63, 3.8) is 0 Å². The van der Waals surface area contributed by atoms with Gasteiger partial charge in [-0.3, -0.25) is 0 Å². The van der Waals surface area contributed by atoms with Crippen LogP contribution in [0.1, 0.15) is 77.0 Å². The van der Waals surface area contributed by atoms with Crippen LogP contribution in [0.5, 0.6) is 0 Å². The van der Waals surface area contributed by atoms with E-state index in [9.17, 15) is 0 Å². The van der Waals surface area contributed by atoms with Gasteiger partial charge in [0, 0.05) is 30.7 Å². The highest BCUT2D eigenvalue weighted by atomic mass is 17.3. The monoisotopic (exact) mass is 347 g/mol. The zero-order valence-electron chi connectivity index (χ0n) is 15.5. The van der Waals surface area contributed by atoms with E-state index in [1.54, 1.807) is 0 Å². The molecule has 4 heteroatoms. The van der Waals surface area contributed by atoms with Crippen LogP contribution in [0.15, 0.2) is 0 Å². The summed E-state index contributed by atoms with van der Waals surface area (Å²) in [5.41, 5.74) is 0. The van der Waals surface area contributed by atoms with Gasteiger partial charge in [0.05, 0.1) is 0 Å². The number of hydrogen-bond acceptors (Lipinski definition) is 4. The number of likely N-dealkylation sites (tertiary alicyclic amines) is 1. The average Bonchev–Trinajstić information content (AvgIpc) is 3.01. The molecule has 0 amide bonds. The van der Waals surface area contributed by atoms with Gasteiger partial charge in [-0.15, -0.1) is 0 Å². The molecule has 5 aliphatic carbocycles. The summed E-state index contributed by atoms with van der Waals surface area (Å²) in [6, 6.07) is 0.744. The summed E-state index contributed by atoms with van der Waals surface area (Å²) < 4.78 is 6.83. The first-order valence-electron chi connectivity index (χ1n) is 11.1. The van der Waals surface area contributed by atoms with Crippen LogP contribution in [-0.4, -0.2) is 35.6 Å². The number of piperidine rings is 1. The average molecular weight is 347 g/mol. The van der Waals surface area contributed by atoms with Gasteiger partial charge in [-0.05, 0) is 82.7 Å². The van der Waals surface area contributed by atoms with E-state index in [2.05, 4.69) is 4.90 Å². The van der Waals surface area contributed by atoms with Crippen molar-refractivity contribution < 1.29 is 14.5 Å². The quantitative estimate of drug-likeness (QED) is 0.664. The lowest BCUT2D eigenvalue weighted by atomic mass is 9.53. The summed E-state index contributed by atoms with van der Waals surface area (Å²) in [6.45, 7) is 2.60. The fraction of sp³-hybridized carbons (Fsp3) is 1.00. The van der Waals surface area contributed by atoms with Crippen LogP contribution in [0, 0.1) is 23.7 Å². The van der Waals surface area contributed by atoms with Crippen LogP contribution in [0.2, 0.25) is 0 Å². The van der Waals surface area contributed by atoms with Crippen molar-refractivity contribution in [2.45, 2.75) is 94.7 Å². The summed E-state index contributed by atoms with van der Waals surface area (Å²) in [4.78, 5) is 14.9. The molecule has 0 aromatic heterocycles. The fourth-order valence-electron chi connectivity index (χ4n) is 7.49. The minimum Gasteiger partial charge on any atom is -0.312 e. The van der Waals surface area contributed by atoms with E-state index in [-0.39, 0.29) is 5.79 Å². The lowest BCUT2D eigenvalue weighted by Crippen LogP contribution is -2.59. The van der Waals surface area contributed by atoms with Crippen LogP contribution in [-0.2, 0) is 14.5 Å². The molecule has 2 heterocycles. The van der Waals surface area contributed by atoms with Gasteiger partial charge in [0.25, 0.3) is 0 Å². The number of ether oxygens (including phenoxy) is 1. The second-order valence-electron chi connectivity index (χ2n) is 10.0. The zero-order chi connectivity index (χ0) is 16.5. The van der Waals surface area contributed by atoms with Gasteiger partial charge in [-0.2, -0.15) is 9.78 Å². The van der Waals surface area contributed by atoms with Crippen molar-refractivity contribution in [2.75, 3.05) is 13.1 Å². The molecule has 0 aromatic rings. The van der Waals surface area contributed by atoms with Crippen molar-refractivity contribution in [1.29, 1.82) is 0 Å². The second kappa shape index (κ2) is 5.67. The first-order valence-corrected chi connectivity index (χ1v) is 11.1. The Labute approximate surface area is 151 Å². The van der Waals surface area contributed by atoms with Crippen molar-refractivity contribution >= 4 is 0 Å². The van der Waals surface area contributed by atoms with Crippen molar-refractivity contribution in [3.8, 4) is 0 Å². The number of nitrogens with zero attached hydrogens (tertiary/aromatic N) is 1. The minimum atomic E-state index is -0.429. The standard InChI is InChI=1S/C21H33NO3/c1-2-8-22(9-3-1)19-4-6-20(7-5-19)23-21(25-24-20)17-11-15-10-16(13-17)14-18(21)12-15/h15-19H,1-14H2. The second-order valence-corrected chi connectivity index (χ2v) is 10.0. The summed E-state index contributed by atoms with van der Waals surface area (Å²) in [5, 5.41) is 0. The molecular formula is C21H33NO3. The summed E-state index contributed by atoms with van der Waals surface area (Å²) in [5.74, 6) is 2.23. The van der Waals surface area contributed by atoms with E-state index < -0.39 is 5.79 Å². The van der Waals surface area contributed by atoms with Crippen LogP contribution >= 0.6 is 0 Å². The normalized spacial score (nSPS) is 55.4. The molecule has 7 rings (SSSR count). The van der Waals surface area contributed by atoms with E-state index >= 15 is 0 Å². The van der Waals surface area contributed by atoms with Crippen LogP contribution in [0.25, 0.3) is 0 Å². The van der Waals surface area contributed by atoms with E-state index in [0.29, 0.717) is 11.8 Å². The van der Waals surface area contributed by atoms with Crippen molar-refractivity contribution in [2.24, 2.45) is 23.7 Å². The Kier molecular flexibility index (Phi) is 3.59. The first-order chi connectivity index (χ1) is 12.2. The number of rotatable bonds is 1. The molecule has 7 fully saturated rings. The van der Waals surface area contributed by atoms with Gasteiger partial charge in [-0.25, -0.2) is 0 Å². The molecule has 2 saturated heterocycles. The van der Waals surface area contributed by atoms with E-state index in [0.717, 1.165) is 30.7 Å². The molecule has 2 aliphatic heterocycles. The molecule has 0 radical (unpaired) electrons. The molecule has 0 atom stereocenters. The largest absolute Gasteiger partial charge is 0.312 e.